The average Bonchev–Trinajstić information content (AvgIpc) is 3.23. The highest BCUT2D eigenvalue weighted by atomic mass is 16.5. The number of aromatic nitrogens is 2. The molecule has 3 rings (SSSR count). The van der Waals surface area contributed by atoms with Crippen LogP contribution < -0.4 is 5.32 Å². The molecule has 0 amide bonds. The molecule has 2 heterocycles. The summed E-state index contributed by atoms with van der Waals surface area (Å²) < 4.78 is 7.48. The first-order valence-electron chi connectivity index (χ1n) is 8.66. The van der Waals surface area contributed by atoms with Gasteiger partial charge in [0.2, 0.25) is 0 Å². The molecule has 6 nitrogen and oxygen atoms in total. The zero-order valence-electron chi connectivity index (χ0n) is 14.6. The second-order valence-corrected chi connectivity index (χ2v) is 6.31. The van der Waals surface area contributed by atoms with E-state index in [2.05, 4.69) is 43.0 Å². The van der Waals surface area contributed by atoms with Crippen molar-refractivity contribution in [3.63, 3.8) is 0 Å². The molecular weight excluding hydrogens is 302 g/mol. The van der Waals surface area contributed by atoms with Crippen molar-refractivity contribution < 1.29 is 4.74 Å². The Morgan fingerprint density at radius 3 is 3.12 bits per heavy atom. The van der Waals surface area contributed by atoms with E-state index in [4.69, 9.17) is 4.74 Å². The molecule has 0 spiro atoms. The molecule has 24 heavy (non-hydrogen) atoms. The minimum absolute atomic E-state index is 0.617. The predicted octanol–water partition coefficient (Wildman–Crippen LogP) is 1.97. The van der Waals surface area contributed by atoms with Gasteiger partial charge in [-0.1, -0.05) is 12.1 Å². The molecule has 1 N–H and O–H groups in total. The summed E-state index contributed by atoms with van der Waals surface area (Å²) in [5.74, 6) is 1.62. The van der Waals surface area contributed by atoms with Gasteiger partial charge < -0.3 is 19.5 Å². The summed E-state index contributed by atoms with van der Waals surface area (Å²) in [6.07, 6.45) is 4.14. The molecule has 130 valence electrons. The van der Waals surface area contributed by atoms with E-state index < -0.39 is 0 Å². The van der Waals surface area contributed by atoms with Gasteiger partial charge in [-0.05, 0) is 25.0 Å². The van der Waals surface area contributed by atoms with Crippen LogP contribution in [0.1, 0.15) is 12.8 Å². The lowest BCUT2D eigenvalue weighted by Crippen LogP contribution is -2.40. The Morgan fingerprint density at radius 2 is 2.29 bits per heavy atom. The molecule has 1 aromatic heterocycles. The van der Waals surface area contributed by atoms with Gasteiger partial charge in [0, 0.05) is 46.3 Å². The number of nitrogens with one attached hydrogen (secondary N) is 1. The fourth-order valence-corrected chi connectivity index (χ4v) is 3.37. The normalized spacial score (nSPS) is 18.5. The van der Waals surface area contributed by atoms with E-state index >= 15 is 0 Å². The number of rotatable bonds is 6. The van der Waals surface area contributed by atoms with E-state index in [1.165, 1.54) is 11.9 Å². The molecule has 2 aromatic rings. The summed E-state index contributed by atoms with van der Waals surface area (Å²) in [7, 11) is 3.63. The summed E-state index contributed by atoms with van der Waals surface area (Å²) in [5.41, 5.74) is 2.26. The Bertz CT molecular complexity index is 681. The molecule has 1 unspecified atom stereocenters. The Kier molecular flexibility index (Phi) is 5.69. The topological polar surface area (TPSA) is 54.7 Å². The number of fused-ring (bicyclic) bond motifs is 1. The molecule has 1 aliphatic heterocycles. The third-order valence-electron chi connectivity index (χ3n) is 4.59. The standard InChI is InChI=1S/C18H27N5O/c1-19-18(22-11-8-15(12-22)13-24-2)20-9-5-10-23-14-21-16-6-3-4-7-17(16)23/h3-4,6-7,14-15H,5,8-13H2,1-2H3,(H,19,20). The first kappa shape index (κ1) is 16.8. The lowest BCUT2D eigenvalue weighted by Gasteiger charge is -2.21. The monoisotopic (exact) mass is 329 g/mol. The van der Waals surface area contributed by atoms with Crippen molar-refractivity contribution in [2.24, 2.45) is 10.9 Å². The number of guanidine groups is 1. The number of aliphatic imine (C=N–C) groups is 1. The van der Waals surface area contributed by atoms with Crippen LogP contribution in [0.25, 0.3) is 11.0 Å². The fraction of sp³-hybridized carbons (Fsp3) is 0.556. The molecule has 6 heteroatoms. The van der Waals surface area contributed by atoms with Crippen molar-refractivity contribution in [2.45, 2.75) is 19.4 Å². The Morgan fingerprint density at radius 1 is 1.42 bits per heavy atom. The first-order valence-corrected chi connectivity index (χ1v) is 8.66. The van der Waals surface area contributed by atoms with Crippen LogP contribution >= 0.6 is 0 Å². The lowest BCUT2D eigenvalue weighted by molar-refractivity contribution is 0.157. The van der Waals surface area contributed by atoms with Crippen LogP contribution in [0.4, 0.5) is 0 Å². The first-order chi connectivity index (χ1) is 11.8. The number of ether oxygens (including phenoxy) is 1. The van der Waals surface area contributed by atoms with Gasteiger partial charge in [0.05, 0.1) is 24.0 Å². The Hall–Kier alpha value is -2.08. The number of methoxy groups -OCH3 is 1. The van der Waals surface area contributed by atoms with Gasteiger partial charge in [0.25, 0.3) is 0 Å². The third-order valence-corrected chi connectivity index (χ3v) is 4.59. The summed E-state index contributed by atoms with van der Waals surface area (Å²) >= 11 is 0. The molecule has 0 saturated carbocycles. The predicted molar refractivity (Wildman–Crippen MR) is 97.3 cm³/mol. The van der Waals surface area contributed by atoms with Crippen molar-refractivity contribution in [3.8, 4) is 0 Å². The van der Waals surface area contributed by atoms with E-state index in [1.807, 2.05) is 19.4 Å². The van der Waals surface area contributed by atoms with Gasteiger partial charge in [-0.25, -0.2) is 4.98 Å². The van der Waals surface area contributed by atoms with Crippen molar-refractivity contribution in [3.05, 3.63) is 30.6 Å². The van der Waals surface area contributed by atoms with Crippen LogP contribution in [-0.2, 0) is 11.3 Å². The summed E-state index contributed by atoms with van der Waals surface area (Å²) in [5, 5.41) is 3.49. The number of hydrogen-bond acceptors (Lipinski definition) is 3. The second kappa shape index (κ2) is 8.15. The van der Waals surface area contributed by atoms with Gasteiger partial charge in [-0.3, -0.25) is 4.99 Å². The highest BCUT2D eigenvalue weighted by molar-refractivity contribution is 5.80. The molecule has 1 saturated heterocycles. The number of aryl methyl sites for hydroxylation is 1. The van der Waals surface area contributed by atoms with E-state index in [0.29, 0.717) is 5.92 Å². The van der Waals surface area contributed by atoms with E-state index in [1.54, 1.807) is 7.11 Å². The zero-order valence-corrected chi connectivity index (χ0v) is 14.6. The minimum Gasteiger partial charge on any atom is -0.384 e. The maximum atomic E-state index is 5.27. The summed E-state index contributed by atoms with van der Waals surface area (Å²) in [6, 6.07) is 8.26. The maximum Gasteiger partial charge on any atom is 0.193 e. The van der Waals surface area contributed by atoms with Crippen LogP contribution in [0.15, 0.2) is 35.6 Å². The highest BCUT2D eigenvalue weighted by Gasteiger charge is 2.24. The van der Waals surface area contributed by atoms with E-state index in [0.717, 1.165) is 50.7 Å². The maximum absolute atomic E-state index is 5.27. The highest BCUT2D eigenvalue weighted by Crippen LogP contribution is 2.16. The number of nitrogens with zero attached hydrogens (tertiary/aromatic N) is 4. The summed E-state index contributed by atoms with van der Waals surface area (Å²) in [4.78, 5) is 11.2. The van der Waals surface area contributed by atoms with Gasteiger partial charge in [-0.15, -0.1) is 0 Å². The molecule has 1 aromatic carbocycles. The molecule has 1 fully saturated rings. The van der Waals surface area contributed by atoms with Crippen molar-refractivity contribution in [1.82, 2.24) is 19.8 Å². The van der Waals surface area contributed by atoms with Crippen molar-refractivity contribution in [2.75, 3.05) is 40.4 Å². The number of benzene rings is 1. The molecule has 1 aliphatic rings. The number of imidazole rings is 1. The summed E-state index contributed by atoms with van der Waals surface area (Å²) in [6.45, 7) is 4.78. The average molecular weight is 329 g/mol. The minimum atomic E-state index is 0.617. The zero-order chi connectivity index (χ0) is 16.8. The van der Waals surface area contributed by atoms with Crippen LogP contribution in [0.3, 0.4) is 0 Å². The van der Waals surface area contributed by atoms with Gasteiger partial charge in [0.1, 0.15) is 0 Å². The molecule has 0 aliphatic carbocycles. The van der Waals surface area contributed by atoms with E-state index in [-0.39, 0.29) is 0 Å². The number of hydrogen-bond donors (Lipinski definition) is 1. The third kappa shape index (κ3) is 3.87. The Labute approximate surface area is 143 Å². The van der Waals surface area contributed by atoms with Crippen LogP contribution in [-0.4, -0.2) is 60.8 Å². The van der Waals surface area contributed by atoms with Crippen molar-refractivity contribution in [1.29, 1.82) is 0 Å². The molecular formula is C18H27N5O. The smallest absolute Gasteiger partial charge is 0.193 e. The Balaban J connectivity index is 1.45. The SMILES string of the molecule is CN=C(NCCCn1cnc2ccccc21)N1CCC(COC)C1. The van der Waals surface area contributed by atoms with Crippen LogP contribution in [0.2, 0.25) is 0 Å². The molecule has 1 atom stereocenters. The van der Waals surface area contributed by atoms with Crippen molar-refractivity contribution >= 4 is 17.0 Å². The fourth-order valence-electron chi connectivity index (χ4n) is 3.37. The van der Waals surface area contributed by atoms with Crippen LogP contribution in [0.5, 0.6) is 0 Å². The van der Waals surface area contributed by atoms with Gasteiger partial charge in [0.15, 0.2) is 5.96 Å². The van der Waals surface area contributed by atoms with Gasteiger partial charge in [-0.2, -0.15) is 0 Å². The quantitative estimate of drug-likeness (QED) is 0.500. The largest absolute Gasteiger partial charge is 0.384 e. The number of para-hydroxylation sites is 2. The number of likely N-dealkylation sites (tertiary alicyclic amines) is 1. The van der Waals surface area contributed by atoms with E-state index in [9.17, 15) is 0 Å². The lowest BCUT2D eigenvalue weighted by atomic mass is 10.1. The van der Waals surface area contributed by atoms with Gasteiger partial charge >= 0.3 is 0 Å². The molecule has 0 bridgehead atoms. The second-order valence-electron chi connectivity index (χ2n) is 6.31. The van der Waals surface area contributed by atoms with Crippen LogP contribution in [0, 0.1) is 5.92 Å². The molecule has 0 radical (unpaired) electrons.